The molecule has 0 aliphatic rings. The summed E-state index contributed by atoms with van der Waals surface area (Å²) in [6, 6.07) is 0. The molecule has 2 unspecified atom stereocenters. The lowest BCUT2D eigenvalue weighted by Gasteiger charge is -2.19. The van der Waals surface area contributed by atoms with E-state index in [1.165, 1.54) is 186 Å². The van der Waals surface area contributed by atoms with Crippen molar-refractivity contribution in [1.29, 1.82) is 0 Å². The van der Waals surface area contributed by atoms with Gasteiger partial charge in [0.2, 0.25) is 0 Å². The Kier molecular flexibility index (Phi) is 46.8. The first-order valence-electron chi connectivity index (χ1n) is 25.8. The third-order valence-corrected chi connectivity index (χ3v) is 12.3. The van der Waals surface area contributed by atoms with Crippen molar-refractivity contribution in [1.82, 2.24) is 0 Å². The average Bonchev–Trinajstić information content (AvgIpc) is 3.25. The number of nitrogens with two attached hydrogens (primary N) is 1. The lowest BCUT2D eigenvalue weighted by molar-refractivity contribution is -0.161. The Hall–Kier alpha value is -1.51. The number of carbonyl (C=O) groups is 2. The monoisotopic (exact) mass is 884 g/mol. The molecule has 0 aromatic heterocycles. The summed E-state index contributed by atoms with van der Waals surface area (Å²) >= 11 is 0. The van der Waals surface area contributed by atoms with Crippen molar-refractivity contribution >= 4 is 19.8 Å². The van der Waals surface area contributed by atoms with Gasteiger partial charge in [-0.05, 0) is 64.2 Å². The molecule has 0 aliphatic heterocycles. The summed E-state index contributed by atoms with van der Waals surface area (Å²) < 4.78 is 32.9. The molecule has 0 amide bonds. The fourth-order valence-electron chi connectivity index (χ4n) is 7.45. The van der Waals surface area contributed by atoms with Crippen LogP contribution in [-0.2, 0) is 32.7 Å². The third-order valence-electron chi connectivity index (χ3n) is 11.3. The minimum atomic E-state index is -4.38. The van der Waals surface area contributed by atoms with Crippen LogP contribution in [0.15, 0.2) is 24.3 Å². The molecule has 0 rings (SSSR count). The molecule has 0 saturated heterocycles. The average molecular weight is 884 g/mol. The van der Waals surface area contributed by atoms with Crippen molar-refractivity contribution in [3.05, 3.63) is 24.3 Å². The number of hydrogen-bond donors (Lipinski definition) is 2. The van der Waals surface area contributed by atoms with E-state index in [9.17, 15) is 19.0 Å². The second-order valence-corrected chi connectivity index (χ2v) is 18.8. The maximum Gasteiger partial charge on any atom is 0.472 e. The minimum absolute atomic E-state index is 0.0543. The summed E-state index contributed by atoms with van der Waals surface area (Å²) in [6.07, 6.45) is 53.5. The number of esters is 2. The van der Waals surface area contributed by atoms with Crippen molar-refractivity contribution in [2.24, 2.45) is 5.73 Å². The van der Waals surface area contributed by atoms with Gasteiger partial charge in [0.05, 0.1) is 13.2 Å². The number of carbonyl (C=O) groups excluding carboxylic acids is 2. The number of ether oxygens (including phenoxy) is 2. The highest BCUT2D eigenvalue weighted by molar-refractivity contribution is 7.47. The zero-order valence-corrected chi connectivity index (χ0v) is 40.8. The number of hydrogen-bond acceptors (Lipinski definition) is 8. The fourth-order valence-corrected chi connectivity index (χ4v) is 8.21. The molecule has 61 heavy (non-hydrogen) atoms. The summed E-state index contributed by atoms with van der Waals surface area (Å²) in [4.78, 5) is 35.1. The highest BCUT2D eigenvalue weighted by Crippen LogP contribution is 2.43. The molecule has 0 fully saturated rings. The quantitative estimate of drug-likeness (QED) is 0.0265. The number of rotatable bonds is 49. The molecule has 0 saturated carbocycles. The van der Waals surface area contributed by atoms with Crippen LogP contribution in [-0.4, -0.2) is 49.3 Å². The van der Waals surface area contributed by atoms with Gasteiger partial charge >= 0.3 is 19.8 Å². The van der Waals surface area contributed by atoms with E-state index < -0.39 is 26.5 Å². The van der Waals surface area contributed by atoms with Crippen LogP contribution in [0.4, 0.5) is 0 Å². The molecule has 0 aromatic rings. The molecule has 0 spiro atoms. The Morgan fingerprint density at radius 1 is 0.475 bits per heavy atom. The van der Waals surface area contributed by atoms with Crippen LogP contribution in [0.1, 0.15) is 258 Å². The van der Waals surface area contributed by atoms with Crippen molar-refractivity contribution in [3.63, 3.8) is 0 Å². The Morgan fingerprint density at radius 2 is 0.803 bits per heavy atom. The van der Waals surface area contributed by atoms with Gasteiger partial charge in [0.25, 0.3) is 0 Å². The first-order valence-corrected chi connectivity index (χ1v) is 27.3. The Bertz CT molecular complexity index is 1050. The van der Waals surface area contributed by atoms with E-state index >= 15 is 0 Å². The molecular formula is C51H98NO8P. The molecule has 0 aliphatic carbocycles. The van der Waals surface area contributed by atoms with E-state index in [0.29, 0.717) is 6.42 Å². The van der Waals surface area contributed by atoms with E-state index in [1.54, 1.807) is 0 Å². The number of phosphoric acid groups is 1. The SMILES string of the molecule is CCCCCCCC/C=C\CCCCCCCCCCCC(=O)OCC(COP(=O)(O)OCCN)OC(=O)CCCCCCCCCCC/C=C\CCCCCCCCCC. The zero-order valence-electron chi connectivity index (χ0n) is 39.9. The van der Waals surface area contributed by atoms with E-state index in [0.717, 1.165) is 38.5 Å². The van der Waals surface area contributed by atoms with Gasteiger partial charge in [0, 0.05) is 19.4 Å². The van der Waals surface area contributed by atoms with Gasteiger partial charge in [-0.3, -0.25) is 18.6 Å². The molecule has 360 valence electrons. The topological polar surface area (TPSA) is 134 Å². The van der Waals surface area contributed by atoms with Gasteiger partial charge < -0.3 is 20.1 Å². The predicted molar refractivity (Wildman–Crippen MR) is 257 cm³/mol. The van der Waals surface area contributed by atoms with Crippen LogP contribution in [0.3, 0.4) is 0 Å². The lowest BCUT2D eigenvalue weighted by atomic mass is 10.1. The van der Waals surface area contributed by atoms with Crippen LogP contribution in [0, 0.1) is 0 Å². The fraction of sp³-hybridized carbons (Fsp3) is 0.882. The predicted octanol–water partition coefficient (Wildman–Crippen LogP) is 15.5. The summed E-state index contributed by atoms with van der Waals surface area (Å²) in [5.41, 5.74) is 5.37. The molecule has 0 aromatic carbocycles. The minimum Gasteiger partial charge on any atom is -0.462 e. The van der Waals surface area contributed by atoms with Gasteiger partial charge in [-0.25, -0.2) is 4.57 Å². The van der Waals surface area contributed by atoms with Crippen molar-refractivity contribution in [2.45, 2.75) is 264 Å². The van der Waals surface area contributed by atoms with Crippen molar-refractivity contribution in [3.8, 4) is 0 Å². The zero-order chi connectivity index (χ0) is 44.6. The highest BCUT2D eigenvalue weighted by atomic mass is 31.2. The highest BCUT2D eigenvalue weighted by Gasteiger charge is 2.26. The van der Waals surface area contributed by atoms with Gasteiger partial charge in [0.1, 0.15) is 6.61 Å². The summed E-state index contributed by atoms with van der Waals surface area (Å²) in [6.45, 7) is 3.77. The maximum atomic E-state index is 12.7. The van der Waals surface area contributed by atoms with Gasteiger partial charge in [-0.15, -0.1) is 0 Å². The molecule has 3 N–H and O–H groups in total. The summed E-state index contributed by atoms with van der Waals surface area (Å²) in [5, 5.41) is 0. The molecule has 0 radical (unpaired) electrons. The van der Waals surface area contributed by atoms with E-state index in [-0.39, 0.29) is 38.6 Å². The van der Waals surface area contributed by atoms with Gasteiger partial charge in [-0.2, -0.15) is 0 Å². The first kappa shape index (κ1) is 59.5. The lowest BCUT2D eigenvalue weighted by Crippen LogP contribution is -2.29. The molecule has 0 bridgehead atoms. The Balaban J connectivity index is 4.03. The van der Waals surface area contributed by atoms with Crippen LogP contribution < -0.4 is 5.73 Å². The largest absolute Gasteiger partial charge is 0.472 e. The van der Waals surface area contributed by atoms with E-state index in [2.05, 4.69) is 38.2 Å². The standard InChI is InChI=1S/C51H98NO8P/c1-3-5-7-9-11-13-15-17-19-21-23-24-26-28-30-32-34-36-38-40-42-44-51(54)60-49(48-59-61(55,56)58-46-45-52)47-57-50(53)43-41-39-37-35-33-31-29-27-25-22-20-18-16-14-12-10-8-6-4-2/h18,20-21,23,49H,3-17,19,22,24-48,52H2,1-2H3,(H,55,56)/b20-18-,23-21-. The van der Waals surface area contributed by atoms with Crippen LogP contribution in [0.5, 0.6) is 0 Å². The Morgan fingerprint density at radius 3 is 1.16 bits per heavy atom. The van der Waals surface area contributed by atoms with E-state index in [1.807, 2.05) is 0 Å². The van der Waals surface area contributed by atoms with Crippen LogP contribution in [0.25, 0.3) is 0 Å². The maximum absolute atomic E-state index is 12.7. The van der Waals surface area contributed by atoms with Gasteiger partial charge in [-0.1, -0.05) is 205 Å². The number of allylic oxidation sites excluding steroid dienone is 4. The molecule has 0 heterocycles. The van der Waals surface area contributed by atoms with Crippen LogP contribution in [0.2, 0.25) is 0 Å². The van der Waals surface area contributed by atoms with Gasteiger partial charge in [0.15, 0.2) is 6.10 Å². The smallest absolute Gasteiger partial charge is 0.462 e. The molecule has 9 nitrogen and oxygen atoms in total. The second-order valence-electron chi connectivity index (χ2n) is 17.4. The van der Waals surface area contributed by atoms with Crippen molar-refractivity contribution in [2.75, 3.05) is 26.4 Å². The number of phosphoric ester groups is 1. The molecule has 2 atom stereocenters. The second kappa shape index (κ2) is 48.0. The van der Waals surface area contributed by atoms with Crippen molar-refractivity contribution < 1.29 is 37.6 Å². The van der Waals surface area contributed by atoms with E-state index in [4.69, 9.17) is 24.3 Å². The Labute approximate surface area is 376 Å². The summed E-state index contributed by atoms with van der Waals surface area (Å²) in [5.74, 6) is -0.822. The molecular weight excluding hydrogens is 786 g/mol. The normalized spacial score (nSPS) is 13.3. The molecule has 10 heteroatoms. The van der Waals surface area contributed by atoms with Crippen LogP contribution >= 0.6 is 7.82 Å². The third kappa shape index (κ3) is 47.8. The summed E-state index contributed by atoms with van der Waals surface area (Å²) in [7, 11) is -4.38. The number of unbranched alkanes of at least 4 members (excludes halogenated alkanes) is 32. The first-order chi connectivity index (χ1) is 29.8.